The first kappa shape index (κ1) is 27.5. The second kappa shape index (κ2) is 11.1. The summed E-state index contributed by atoms with van der Waals surface area (Å²) in [6.45, 7) is 1.44. The lowest BCUT2D eigenvalue weighted by atomic mass is 9.82. The number of nitrogens with two attached hydrogens (primary N) is 1. The SMILES string of the molecule is Cc1nocc1C(C(N)=O)C(CCC(F)(F)F)C(=O)N[C@H]1N=C(c2ccccc2)c2cccc(F)c2NC1=O. The molecule has 2 heterocycles. The number of primary amides is 1. The minimum atomic E-state index is -4.65. The van der Waals surface area contributed by atoms with Gasteiger partial charge in [-0.2, -0.15) is 13.2 Å². The van der Waals surface area contributed by atoms with Gasteiger partial charge in [0.1, 0.15) is 12.1 Å². The molecule has 1 aliphatic heterocycles. The summed E-state index contributed by atoms with van der Waals surface area (Å²) in [6, 6.07) is 12.5. The molecule has 1 aliphatic rings. The number of hydrogen-bond donors (Lipinski definition) is 3. The van der Waals surface area contributed by atoms with Gasteiger partial charge in [0, 0.05) is 23.1 Å². The molecular formula is C26H23F4N5O4. The van der Waals surface area contributed by atoms with Crippen LogP contribution in [0.2, 0.25) is 0 Å². The summed E-state index contributed by atoms with van der Waals surface area (Å²) in [5, 5.41) is 8.35. The Hall–Kier alpha value is -4.55. The van der Waals surface area contributed by atoms with Crippen LogP contribution >= 0.6 is 0 Å². The van der Waals surface area contributed by atoms with Crippen molar-refractivity contribution < 1.29 is 36.5 Å². The van der Waals surface area contributed by atoms with Crippen molar-refractivity contribution in [2.45, 2.75) is 38.0 Å². The first-order valence-electron chi connectivity index (χ1n) is 11.8. The number of carbonyl (C=O) groups excluding carboxylic acids is 3. The van der Waals surface area contributed by atoms with E-state index in [4.69, 9.17) is 10.3 Å². The molecule has 3 atom stereocenters. The highest BCUT2D eigenvalue weighted by Crippen LogP contribution is 2.34. The molecule has 2 unspecified atom stereocenters. The number of nitrogens with zero attached hydrogens (tertiary/aromatic N) is 2. The molecule has 0 saturated carbocycles. The van der Waals surface area contributed by atoms with Crippen LogP contribution in [0.3, 0.4) is 0 Å². The molecule has 1 aromatic heterocycles. The van der Waals surface area contributed by atoms with Crippen LogP contribution in [0.25, 0.3) is 0 Å². The first-order chi connectivity index (χ1) is 18.5. The van der Waals surface area contributed by atoms with Crippen LogP contribution < -0.4 is 16.4 Å². The van der Waals surface area contributed by atoms with Crippen LogP contribution in [0.1, 0.15) is 41.1 Å². The van der Waals surface area contributed by atoms with Crippen molar-refractivity contribution in [1.82, 2.24) is 10.5 Å². The Morgan fingerprint density at radius 2 is 1.87 bits per heavy atom. The minimum absolute atomic E-state index is 0.0399. The number of nitrogens with one attached hydrogen (secondary N) is 2. The molecule has 0 spiro atoms. The monoisotopic (exact) mass is 545 g/mol. The largest absolute Gasteiger partial charge is 0.389 e. The fraction of sp³-hybridized carbons (Fsp3) is 0.269. The number of carbonyl (C=O) groups is 3. The van der Waals surface area contributed by atoms with E-state index < -0.39 is 60.6 Å². The number of fused-ring (bicyclic) bond motifs is 1. The van der Waals surface area contributed by atoms with Crippen molar-refractivity contribution in [2.75, 3.05) is 5.32 Å². The van der Waals surface area contributed by atoms with Crippen molar-refractivity contribution >= 4 is 29.1 Å². The third-order valence-electron chi connectivity index (χ3n) is 6.26. The van der Waals surface area contributed by atoms with E-state index in [0.29, 0.717) is 5.56 Å². The van der Waals surface area contributed by atoms with Crippen molar-refractivity contribution in [3.05, 3.63) is 83.0 Å². The summed E-state index contributed by atoms with van der Waals surface area (Å²) >= 11 is 0. The third-order valence-corrected chi connectivity index (χ3v) is 6.26. The van der Waals surface area contributed by atoms with Crippen LogP contribution in [-0.2, 0) is 14.4 Å². The molecule has 0 fully saturated rings. The number of aryl methyl sites for hydroxylation is 1. The van der Waals surface area contributed by atoms with E-state index in [1.54, 1.807) is 30.3 Å². The van der Waals surface area contributed by atoms with Gasteiger partial charge in [-0.3, -0.25) is 14.4 Å². The van der Waals surface area contributed by atoms with Crippen molar-refractivity contribution in [2.24, 2.45) is 16.6 Å². The molecule has 0 saturated heterocycles. The lowest BCUT2D eigenvalue weighted by Gasteiger charge is -2.25. The number of rotatable bonds is 8. The van der Waals surface area contributed by atoms with Gasteiger partial charge in [-0.1, -0.05) is 47.6 Å². The molecule has 0 radical (unpaired) electrons. The fourth-order valence-corrected chi connectivity index (χ4v) is 4.40. The van der Waals surface area contributed by atoms with E-state index in [-0.39, 0.29) is 28.2 Å². The van der Waals surface area contributed by atoms with Gasteiger partial charge in [-0.05, 0) is 19.4 Å². The summed E-state index contributed by atoms with van der Waals surface area (Å²) in [6.07, 6.45) is -7.54. The van der Waals surface area contributed by atoms with E-state index >= 15 is 0 Å². The Morgan fingerprint density at radius 1 is 1.15 bits per heavy atom. The molecule has 13 heteroatoms. The summed E-state index contributed by atoms with van der Waals surface area (Å²) in [5.41, 5.74) is 6.41. The topological polar surface area (TPSA) is 140 Å². The number of amides is 3. The molecule has 204 valence electrons. The second-order valence-electron chi connectivity index (χ2n) is 8.90. The van der Waals surface area contributed by atoms with E-state index in [9.17, 15) is 31.9 Å². The molecule has 4 N–H and O–H groups in total. The molecule has 4 rings (SSSR count). The number of aromatic nitrogens is 1. The quantitative estimate of drug-likeness (QED) is 0.371. The zero-order valence-corrected chi connectivity index (χ0v) is 20.5. The number of benzene rings is 2. The number of alkyl halides is 3. The van der Waals surface area contributed by atoms with Crippen molar-refractivity contribution in [3.63, 3.8) is 0 Å². The smallest absolute Gasteiger partial charge is 0.369 e. The van der Waals surface area contributed by atoms with Crippen LogP contribution in [0.4, 0.5) is 23.2 Å². The predicted octanol–water partition coefficient (Wildman–Crippen LogP) is 3.58. The lowest BCUT2D eigenvalue weighted by molar-refractivity contribution is -0.144. The van der Waals surface area contributed by atoms with Gasteiger partial charge in [0.2, 0.25) is 18.0 Å². The van der Waals surface area contributed by atoms with Crippen LogP contribution in [0, 0.1) is 18.7 Å². The summed E-state index contributed by atoms with van der Waals surface area (Å²) in [7, 11) is 0. The Balaban J connectivity index is 1.74. The normalized spacial score (nSPS) is 16.8. The van der Waals surface area contributed by atoms with Gasteiger partial charge in [-0.25, -0.2) is 9.38 Å². The van der Waals surface area contributed by atoms with Gasteiger partial charge in [0.15, 0.2) is 0 Å². The number of halogens is 4. The lowest BCUT2D eigenvalue weighted by Crippen LogP contribution is -2.47. The maximum atomic E-state index is 14.7. The molecule has 0 aliphatic carbocycles. The van der Waals surface area contributed by atoms with Gasteiger partial charge in [0.25, 0.3) is 5.91 Å². The highest BCUT2D eigenvalue weighted by molar-refractivity contribution is 6.20. The van der Waals surface area contributed by atoms with E-state index in [1.807, 2.05) is 0 Å². The van der Waals surface area contributed by atoms with Gasteiger partial charge in [0.05, 0.1) is 28.9 Å². The maximum Gasteiger partial charge on any atom is 0.389 e. The average Bonchev–Trinajstić information content (AvgIpc) is 3.23. The number of hydrogen-bond acceptors (Lipinski definition) is 6. The van der Waals surface area contributed by atoms with Crippen LogP contribution in [0.5, 0.6) is 0 Å². The molecule has 9 nitrogen and oxygen atoms in total. The zero-order chi connectivity index (χ0) is 28.3. The Labute approximate surface area is 219 Å². The molecule has 3 amide bonds. The molecule has 39 heavy (non-hydrogen) atoms. The Morgan fingerprint density at radius 3 is 2.49 bits per heavy atom. The summed E-state index contributed by atoms with van der Waals surface area (Å²) < 4.78 is 59.0. The molecule has 2 aromatic carbocycles. The number of para-hydroxylation sites is 1. The Kier molecular flexibility index (Phi) is 7.79. The maximum absolute atomic E-state index is 14.7. The minimum Gasteiger partial charge on any atom is -0.369 e. The van der Waals surface area contributed by atoms with E-state index in [2.05, 4.69) is 20.8 Å². The number of anilines is 1. The Bertz CT molecular complexity index is 1420. The first-order valence-corrected chi connectivity index (χ1v) is 11.8. The van der Waals surface area contributed by atoms with Crippen LogP contribution in [0.15, 0.2) is 64.3 Å². The predicted molar refractivity (Wildman–Crippen MR) is 131 cm³/mol. The van der Waals surface area contributed by atoms with Crippen molar-refractivity contribution in [1.29, 1.82) is 0 Å². The van der Waals surface area contributed by atoms with Gasteiger partial charge >= 0.3 is 6.18 Å². The highest BCUT2D eigenvalue weighted by atomic mass is 19.4. The summed E-state index contributed by atoms with van der Waals surface area (Å²) in [4.78, 5) is 43.3. The highest BCUT2D eigenvalue weighted by Gasteiger charge is 2.41. The average molecular weight is 545 g/mol. The van der Waals surface area contributed by atoms with E-state index in [0.717, 1.165) is 12.3 Å². The van der Waals surface area contributed by atoms with Gasteiger partial charge in [-0.15, -0.1) is 0 Å². The molecule has 3 aromatic rings. The van der Waals surface area contributed by atoms with Crippen LogP contribution in [-0.4, -0.2) is 40.9 Å². The van der Waals surface area contributed by atoms with Crippen molar-refractivity contribution in [3.8, 4) is 0 Å². The number of benzodiazepines with no additional fused rings is 1. The molecular weight excluding hydrogens is 522 g/mol. The van der Waals surface area contributed by atoms with Gasteiger partial charge < -0.3 is 20.9 Å². The molecule has 0 bridgehead atoms. The second-order valence-corrected chi connectivity index (χ2v) is 8.90. The van der Waals surface area contributed by atoms with E-state index in [1.165, 1.54) is 19.1 Å². The fourth-order valence-electron chi connectivity index (χ4n) is 4.40. The number of aliphatic imine (C=N–C) groups is 1. The zero-order valence-electron chi connectivity index (χ0n) is 20.5. The third kappa shape index (κ3) is 6.13. The summed E-state index contributed by atoms with van der Waals surface area (Å²) in [5.74, 6) is -7.07. The standard InChI is InChI=1S/C26H23F4N5O4/c1-13-17(12-39-35-13)19(22(31)36)15(10-11-26(28,29)30)24(37)34-23-25(38)33-21-16(8-5-9-18(21)27)20(32-23)14-6-3-2-4-7-14/h2-9,12,15,19,23H,10-11H2,1H3,(H2,31,36)(H,33,38)(H,34,37)/t15?,19?,23-/m1/s1.